The van der Waals surface area contributed by atoms with E-state index in [1.165, 1.54) is 6.07 Å². The first-order valence-corrected chi connectivity index (χ1v) is 10.8. The summed E-state index contributed by atoms with van der Waals surface area (Å²) in [4.78, 5) is 2.58. The van der Waals surface area contributed by atoms with Crippen molar-refractivity contribution >= 4 is 0 Å². The lowest BCUT2D eigenvalue weighted by atomic mass is 9.86. The molecule has 3 heterocycles. The van der Waals surface area contributed by atoms with Crippen LogP contribution in [0.25, 0.3) is 0 Å². The average molecular weight is 397 g/mol. The Labute approximate surface area is 172 Å². The number of hydrogen-bond donors (Lipinski definition) is 1. The maximum absolute atomic E-state index is 14.0. The second kappa shape index (κ2) is 8.05. The molecule has 2 aromatic carbocycles. The number of piperidine rings is 1. The van der Waals surface area contributed by atoms with Crippen molar-refractivity contribution in [1.29, 1.82) is 0 Å². The molecule has 154 valence electrons. The highest BCUT2D eigenvalue weighted by Gasteiger charge is 2.47. The van der Waals surface area contributed by atoms with Crippen LogP contribution in [0.3, 0.4) is 0 Å². The van der Waals surface area contributed by atoms with Gasteiger partial charge in [0.05, 0.1) is 12.2 Å². The molecule has 3 aliphatic rings. The summed E-state index contributed by atoms with van der Waals surface area (Å²) in [6.07, 6.45) is 3.20. The van der Waals surface area contributed by atoms with Gasteiger partial charge in [0.2, 0.25) is 0 Å². The molecule has 0 radical (unpaired) electrons. The topological polar surface area (TPSA) is 33.7 Å². The highest BCUT2D eigenvalue weighted by atomic mass is 19.1. The molecule has 5 heteroatoms. The van der Waals surface area contributed by atoms with E-state index in [2.05, 4.69) is 22.3 Å². The highest BCUT2D eigenvalue weighted by molar-refractivity contribution is 5.37. The lowest BCUT2D eigenvalue weighted by molar-refractivity contribution is -0.0367. The van der Waals surface area contributed by atoms with Crippen LogP contribution in [0.2, 0.25) is 0 Å². The van der Waals surface area contributed by atoms with Gasteiger partial charge in [0.25, 0.3) is 0 Å². The van der Waals surface area contributed by atoms with Crippen molar-refractivity contribution < 1.29 is 13.9 Å². The zero-order valence-electron chi connectivity index (χ0n) is 16.8. The van der Waals surface area contributed by atoms with E-state index in [4.69, 9.17) is 9.47 Å². The van der Waals surface area contributed by atoms with Gasteiger partial charge in [0.15, 0.2) is 0 Å². The standard InChI is InChI=1S/C24H29FN2O2/c25-20-6-7-23(28-14-18-4-2-1-3-5-18)22(12-20)19-8-10-27(11-9-19)21-13-24(29-15-21)16-26-17-24/h1-7,12,19,21,26H,8-11,13-17H2. The Kier molecular flexibility index (Phi) is 5.29. The molecule has 3 aliphatic heterocycles. The molecule has 0 aliphatic carbocycles. The molecule has 0 amide bonds. The third-order valence-electron chi connectivity index (χ3n) is 6.78. The third kappa shape index (κ3) is 4.04. The van der Waals surface area contributed by atoms with Crippen molar-refractivity contribution in [2.45, 2.75) is 43.4 Å². The van der Waals surface area contributed by atoms with Crippen molar-refractivity contribution in [3.8, 4) is 5.75 Å². The third-order valence-corrected chi connectivity index (χ3v) is 6.78. The minimum Gasteiger partial charge on any atom is -0.489 e. The first-order chi connectivity index (χ1) is 14.2. The molecular formula is C24H29FN2O2. The number of ether oxygens (including phenoxy) is 2. The zero-order valence-corrected chi connectivity index (χ0v) is 16.8. The monoisotopic (exact) mass is 396 g/mol. The summed E-state index contributed by atoms with van der Waals surface area (Å²) in [6.45, 7) is 5.41. The number of rotatable bonds is 5. The number of benzene rings is 2. The summed E-state index contributed by atoms with van der Waals surface area (Å²) in [6, 6.07) is 15.6. The Balaban J connectivity index is 1.22. The quantitative estimate of drug-likeness (QED) is 0.835. The SMILES string of the molecule is Fc1ccc(OCc2ccccc2)c(C2CCN(C3COC4(CNC4)C3)CC2)c1. The fourth-order valence-corrected chi connectivity index (χ4v) is 4.99. The van der Waals surface area contributed by atoms with Crippen LogP contribution in [0.5, 0.6) is 5.75 Å². The summed E-state index contributed by atoms with van der Waals surface area (Å²) in [5, 5.41) is 3.34. The highest BCUT2D eigenvalue weighted by Crippen LogP contribution is 2.38. The Morgan fingerprint density at radius 1 is 1.10 bits per heavy atom. The van der Waals surface area contributed by atoms with E-state index in [-0.39, 0.29) is 11.4 Å². The molecule has 1 unspecified atom stereocenters. The van der Waals surface area contributed by atoms with Crippen molar-refractivity contribution in [3.05, 3.63) is 65.5 Å². The van der Waals surface area contributed by atoms with E-state index < -0.39 is 0 Å². The van der Waals surface area contributed by atoms with Gasteiger partial charge in [0.1, 0.15) is 18.2 Å². The normalized spacial score (nSPS) is 24.5. The van der Waals surface area contributed by atoms with Gasteiger partial charge in [-0.15, -0.1) is 0 Å². The molecule has 0 bridgehead atoms. The molecule has 5 rings (SSSR count). The predicted octanol–water partition coefficient (Wildman–Crippen LogP) is 3.72. The van der Waals surface area contributed by atoms with Gasteiger partial charge in [0, 0.05) is 24.7 Å². The van der Waals surface area contributed by atoms with Gasteiger partial charge in [-0.05, 0) is 62.0 Å². The van der Waals surface area contributed by atoms with Crippen molar-refractivity contribution in [3.63, 3.8) is 0 Å². The summed E-state index contributed by atoms with van der Waals surface area (Å²) >= 11 is 0. The van der Waals surface area contributed by atoms with E-state index in [0.29, 0.717) is 18.6 Å². The summed E-state index contributed by atoms with van der Waals surface area (Å²) < 4.78 is 26.2. The van der Waals surface area contributed by atoms with E-state index in [1.54, 1.807) is 12.1 Å². The summed E-state index contributed by atoms with van der Waals surface area (Å²) in [7, 11) is 0. The maximum atomic E-state index is 14.0. The van der Waals surface area contributed by atoms with Crippen LogP contribution in [0.4, 0.5) is 4.39 Å². The van der Waals surface area contributed by atoms with Crippen LogP contribution in [-0.4, -0.2) is 49.3 Å². The van der Waals surface area contributed by atoms with Gasteiger partial charge >= 0.3 is 0 Å². The molecule has 0 saturated carbocycles. The van der Waals surface area contributed by atoms with Crippen LogP contribution >= 0.6 is 0 Å². The molecule has 0 aromatic heterocycles. The lowest BCUT2D eigenvalue weighted by Gasteiger charge is -2.40. The fourth-order valence-electron chi connectivity index (χ4n) is 4.99. The number of likely N-dealkylation sites (tertiary alicyclic amines) is 1. The Morgan fingerprint density at radius 2 is 1.90 bits per heavy atom. The number of hydrogen-bond acceptors (Lipinski definition) is 4. The first-order valence-electron chi connectivity index (χ1n) is 10.8. The Bertz CT molecular complexity index is 832. The largest absolute Gasteiger partial charge is 0.489 e. The predicted molar refractivity (Wildman–Crippen MR) is 111 cm³/mol. The molecule has 2 aromatic rings. The molecule has 1 atom stereocenters. The molecule has 4 nitrogen and oxygen atoms in total. The van der Waals surface area contributed by atoms with Crippen molar-refractivity contribution in [2.75, 3.05) is 32.8 Å². The maximum Gasteiger partial charge on any atom is 0.123 e. The minimum atomic E-state index is -0.182. The second-order valence-electron chi connectivity index (χ2n) is 8.72. The number of nitrogens with one attached hydrogen (secondary N) is 1. The minimum absolute atomic E-state index is 0.0997. The molecule has 1 spiro atoms. The summed E-state index contributed by atoms with van der Waals surface area (Å²) in [5.41, 5.74) is 2.24. The number of halogens is 1. The fraction of sp³-hybridized carbons (Fsp3) is 0.500. The van der Waals surface area contributed by atoms with Gasteiger partial charge in [-0.25, -0.2) is 4.39 Å². The van der Waals surface area contributed by atoms with Gasteiger partial charge in [-0.1, -0.05) is 30.3 Å². The smallest absolute Gasteiger partial charge is 0.123 e. The molecule has 29 heavy (non-hydrogen) atoms. The van der Waals surface area contributed by atoms with Crippen molar-refractivity contribution in [2.24, 2.45) is 0 Å². The van der Waals surface area contributed by atoms with Gasteiger partial charge < -0.3 is 14.8 Å². The lowest BCUT2D eigenvalue weighted by Crippen LogP contribution is -2.59. The van der Waals surface area contributed by atoms with E-state index in [9.17, 15) is 4.39 Å². The van der Waals surface area contributed by atoms with E-state index in [1.807, 2.05) is 18.2 Å². The molecule has 3 fully saturated rings. The van der Waals surface area contributed by atoms with Gasteiger partial charge in [-0.3, -0.25) is 4.90 Å². The zero-order chi connectivity index (χ0) is 19.7. The Hall–Kier alpha value is -1.95. The van der Waals surface area contributed by atoms with Crippen LogP contribution < -0.4 is 10.1 Å². The van der Waals surface area contributed by atoms with Crippen LogP contribution in [0.1, 0.15) is 36.3 Å². The van der Waals surface area contributed by atoms with Crippen LogP contribution in [0, 0.1) is 5.82 Å². The number of nitrogens with zero attached hydrogens (tertiary/aromatic N) is 1. The molecule has 1 N–H and O–H groups in total. The first kappa shape index (κ1) is 19.0. The molecular weight excluding hydrogens is 367 g/mol. The van der Waals surface area contributed by atoms with Crippen LogP contribution in [0.15, 0.2) is 48.5 Å². The second-order valence-corrected chi connectivity index (χ2v) is 8.72. The van der Waals surface area contributed by atoms with E-state index in [0.717, 1.165) is 68.9 Å². The van der Waals surface area contributed by atoms with Crippen LogP contribution in [-0.2, 0) is 11.3 Å². The summed E-state index contributed by atoms with van der Waals surface area (Å²) in [5.74, 6) is 0.977. The van der Waals surface area contributed by atoms with Gasteiger partial charge in [-0.2, -0.15) is 0 Å². The average Bonchev–Trinajstić information content (AvgIpc) is 3.20. The van der Waals surface area contributed by atoms with Crippen molar-refractivity contribution in [1.82, 2.24) is 10.2 Å². The Morgan fingerprint density at radius 3 is 2.59 bits per heavy atom. The molecule has 3 saturated heterocycles. The van der Waals surface area contributed by atoms with E-state index >= 15 is 0 Å².